The maximum absolute atomic E-state index is 6.27. The van der Waals surface area contributed by atoms with E-state index in [4.69, 9.17) is 21.1 Å². The second kappa shape index (κ2) is 6.50. The summed E-state index contributed by atoms with van der Waals surface area (Å²) in [4.78, 5) is 1.26. The van der Waals surface area contributed by atoms with Crippen molar-refractivity contribution in [3.05, 3.63) is 47.0 Å². The highest BCUT2D eigenvalue weighted by atomic mass is 35.5. The quantitative estimate of drug-likeness (QED) is 0.843. The Morgan fingerprint density at radius 2 is 1.76 bits per heavy atom. The molecule has 3 rings (SSSR count). The molecule has 3 nitrogen and oxygen atoms in total. The van der Waals surface area contributed by atoms with Crippen LogP contribution in [0.2, 0.25) is 5.02 Å². The Kier molecular flexibility index (Phi) is 4.46. The van der Waals surface area contributed by atoms with E-state index in [9.17, 15) is 0 Å². The molecule has 0 amide bonds. The van der Waals surface area contributed by atoms with Crippen molar-refractivity contribution in [1.82, 2.24) is 0 Å². The van der Waals surface area contributed by atoms with Crippen molar-refractivity contribution < 1.29 is 9.47 Å². The fraction of sp³-hybridized carbons (Fsp3) is 0.250. The van der Waals surface area contributed by atoms with Crippen LogP contribution in [0.25, 0.3) is 0 Å². The molecule has 110 valence electrons. The predicted octanol–water partition coefficient (Wildman–Crippen LogP) is 4.45. The Labute approximate surface area is 133 Å². The average molecular weight is 322 g/mol. The molecule has 1 aliphatic heterocycles. The summed E-state index contributed by atoms with van der Waals surface area (Å²) in [6, 6.07) is 12.2. The van der Waals surface area contributed by atoms with Crippen molar-refractivity contribution in [2.75, 3.05) is 24.8 Å². The summed E-state index contributed by atoms with van der Waals surface area (Å²) in [5, 5.41) is 3.98. The highest BCUT2D eigenvalue weighted by Gasteiger charge is 2.14. The summed E-state index contributed by atoms with van der Waals surface area (Å²) < 4.78 is 11.1. The van der Waals surface area contributed by atoms with Crippen LogP contribution in [0, 0.1) is 0 Å². The third kappa shape index (κ3) is 3.39. The van der Waals surface area contributed by atoms with Crippen LogP contribution in [0.5, 0.6) is 11.5 Å². The average Bonchev–Trinajstić information content (AvgIpc) is 2.53. The Bertz CT molecular complexity index is 631. The van der Waals surface area contributed by atoms with Gasteiger partial charge in [0.1, 0.15) is 13.2 Å². The monoisotopic (exact) mass is 321 g/mol. The fourth-order valence-electron chi connectivity index (χ4n) is 2.14. The molecule has 0 atom stereocenters. The van der Waals surface area contributed by atoms with Crippen LogP contribution in [0.15, 0.2) is 41.3 Å². The first-order valence-corrected chi connectivity index (χ1v) is 8.32. The summed E-state index contributed by atoms with van der Waals surface area (Å²) in [5.41, 5.74) is 2.06. The first-order chi connectivity index (χ1) is 10.3. The van der Waals surface area contributed by atoms with Crippen molar-refractivity contribution in [1.29, 1.82) is 0 Å². The van der Waals surface area contributed by atoms with Crippen molar-refractivity contribution >= 4 is 29.1 Å². The third-order valence-corrected chi connectivity index (χ3v) is 4.33. The van der Waals surface area contributed by atoms with Crippen LogP contribution in [0.4, 0.5) is 5.69 Å². The third-order valence-electron chi connectivity index (χ3n) is 3.27. The minimum absolute atomic E-state index is 0.567. The van der Waals surface area contributed by atoms with Gasteiger partial charge >= 0.3 is 0 Å². The summed E-state index contributed by atoms with van der Waals surface area (Å²) in [6.07, 6.45) is 2.07. The molecule has 0 saturated carbocycles. The van der Waals surface area contributed by atoms with Crippen molar-refractivity contribution in [3.63, 3.8) is 0 Å². The number of halogens is 1. The topological polar surface area (TPSA) is 30.5 Å². The molecule has 21 heavy (non-hydrogen) atoms. The van der Waals surface area contributed by atoms with E-state index in [0.29, 0.717) is 30.5 Å². The highest BCUT2D eigenvalue weighted by molar-refractivity contribution is 7.98. The fourth-order valence-corrected chi connectivity index (χ4v) is 2.77. The molecule has 0 saturated heterocycles. The number of hydrogen-bond acceptors (Lipinski definition) is 4. The van der Waals surface area contributed by atoms with Crippen LogP contribution >= 0.6 is 23.4 Å². The first-order valence-electron chi connectivity index (χ1n) is 6.72. The molecule has 0 spiro atoms. The Hall–Kier alpha value is -1.52. The Morgan fingerprint density at radius 3 is 2.43 bits per heavy atom. The van der Waals surface area contributed by atoms with Crippen molar-refractivity contribution in [2.24, 2.45) is 0 Å². The second-order valence-corrected chi connectivity index (χ2v) is 5.96. The molecular weight excluding hydrogens is 306 g/mol. The van der Waals surface area contributed by atoms with Crippen LogP contribution in [0.3, 0.4) is 0 Å². The Balaban J connectivity index is 1.72. The maximum Gasteiger partial charge on any atom is 0.163 e. The summed E-state index contributed by atoms with van der Waals surface area (Å²) in [7, 11) is 0. The summed E-state index contributed by atoms with van der Waals surface area (Å²) in [5.74, 6) is 1.45. The van der Waals surface area contributed by atoms with Gasteiger partial charge in [0.05, 0.1) is 10.7 Å². The normalized spacial score (nSPS) is 13.0. The van der Waals surface area contributed by atoms with Crippen molar-refractivity contribution in [2.45, 2.75) is 11.4 Å². The standard InChI is InChI=1S/C16H16ClNO2S/c1-21-12-4-2-11(3-5-12)10-18-14-9-16-15(8-13(14)17)19-6-7-20-16/h2-5,8-9,18H,6-7,10H2,1H3. The zero-order valence-electron chi connectivity index (χ0n) is 11.7. The molecule has 0 radical (unpaired) electrons. The predicted molar refractivity (Wildman–Crippen MR) is 88.0 cm³/mol. The lowest BCUT2D eigenvalue weighted by molar-refractivity contribution is 0.171. The van der Waals surface area contributed by atoms with Gasteiger partial charge in [0.15, 0.2) is 11.5 Å². The first kappa shape index (κ1) is 14.4. The molecule has 2 aromatic carbocycles. The van der Waals surface area contributed by atoms with Crippen molar-refractivity contribution in [3.8, 4) is 11.5 Å². The van der Waals surface area contributed by atoms with E-state index in [0.717, 1.165) is 11.4 Å². The molecular formula is C16H16ClNO2S. The largest absolute Gasteiger partial charge is 0.486 e. The zero-order chi connectivity index (χ0) is 14.7. The van der Waals surface area contributed by atoms with Crippen LogP contribution in [-0.4, -0.2) is 19.5 Å². The molecule has 0 aromatic heterocycles. The van der Waals surface area contributed by atoms with Gasteiger partial charge in [0, 0.05) is 23.6 Å². The number of benzene rings is 2. The summed E-state index contributed by atoms with van der Waals surface area (Å²) >= 11 is 8.01. The molecule has 0 unspecified atom stereocenters. The van der Waals surface area contributed by atoms with Gasteiger partial charge in [-0.05, 0) is 24.0 Å². The molecule has 1 aliphatic rings. The lowest BCUT2D eigenvalue weighted by atomic mass is 10.2. The molecule has 2 aromatic rings. The SMILES string of the molecule is CSc1ccc(CNc2cc3c(cc2Cl)OCCO3)cc1. The van der Waals surface area contributed by atoms with E-state index >= 15 is 0 Å². The van der Waals surface area contributed by atoms with E-state index in [1.807, 2.05) is 6.07 Å². The van der Waals surface area contributed by atoms with Gasteiger partial charge in [-0.15, -0.1) is 11.8 Å². The van der Waals surface area contributed by atoms with Crippen LogP contribution in [-0.2, 0) is 6.54 Å². The lowest BCUT2D eigenvalue weighted by Gasteiger charge is -2.20. The molecule has 5 heteroatoms. The van der Waals surface area contributed by atoms with Gasteiger partial charge in [-0.25, -0.2) is 0 Å². The van der Waals surface area contributed by atoms with Gasteiger partial charge in [0.25, 0.3) is 0 Å². The number of nitrogens with one attached hydrogen (secondary N) is 1. The number of fused-ring (bicyclic) bond motifs is 1. The number of thioether (sulfide) groups is 1. The van der Waals surface area contributed by atoms with E-state index in [1.54, 1.807) is 17.8 Å². The minimum Gasteiger partial charge on any atom is -0.486 e. The van der Waals surface area contributed by atoms with Gasteiger partial charge in [-0.2, -0.15) is 0 Å². The maximum atomic E-state index is 6.27. The van der Waals surface area contributed by atoms with E-state index in [2.05, 4.69) is 35.8 Å². The number of rotatable bonds is 4. The molecule has 0 aliphatic carbocycles. The van der Waals surface area contributed by atoms with Crippen LogP contribution < -0.4 is 14.8 Å². The van der Waals surface area contributed by atoms with Gasteiger partial charge in [-0.3, -0.25) is 0 Å². The molecule has 1 N–H and O–H groups in total. The van der Waals surface area contributed by atoms with Gasteiger partial charge in [0.2, 0.25) is 0 Å². The van der Waals surface area contributed by atoms with E-state index in [-0.39, 0.29) is 0 Å². The van der Waals surface area contributed by atoms with E-state index in [1.165, 1.54) is 10.5 Å². The number of anilines is 1. The molecule has 1 heterocycles. The minimum atomic E-state index is 0.567. The second-order valence-electron chi connectivity index (χ2n) is 4.68. The van der Waals surface area contributed by atoms with Gasteiger partial charge in [-0.1, -0.05) is 23.7 Å². The summed E-state index contributed by atoms with van der Waals surface area (Å²) in [6.45, 7) is 1.86. The lowest BCUT2D eigenvalue weighted by Crippen LogP contribution is -2.15. The molecule has 0 bridgehead atoms. The number of ether oxygens (including phenoxy) is 2. The van der Waals surface area contributed by atoms with E-state index < -0.39 is 0 Å². The van der Waals surface area contributed by atoms with Crippen LogP contribution in [0.1, 0.15) is 5.56 Å². The smallest absolute Gasteiger partial charge is 0.163 e. The zero-order valence-corrected chi connectivity index (χ0v) is 13.3. The van der Waals surface area contributed by atoms with Gasteiger partial charge < -0.3 is 14.8 Å². The Morgan fingerprint density at radius 1 is 1.10 bits per heavy atom. The molecule has 0 fully saturated rings. The number of hydrogen-bond donors (Lipinski definition) is 1. The highest BCUT2D eigenvalue weighted by Crippen LogP contribution is 2.38.